The first-order valence-electron chi connectivity index (χ1n) is 8.02. The minimum atomic E-state index is -0.316. The molecule has 2 aromatic carbocycles. The second kappa shape index (κ2) is 7.69. The van der Waals surface area contributed by atoms with E-state index in [0.717, 1.165) is 22.3 Å². The molecule has 2 nitrogen and oxygen atoms in total. The van der Waals surface area contributed by atoms with Gasteiger partial charge in [0.15, 0.2) is 11.6 Å². The molecule has 0 aliphatic rings. The van der Waals surface area contributed by atoms with E-state index < -0.39 is 0 Å². The summed E-state index contributed by atoms with van der Waals surface area (Å²) in [4.78, 5) is 24.3. The fourth-order valence-corrected chi connectivity index (χ4v) is 2.91. The standard InChI is InChI=1S/C22H22O2/c1-5-20(23)15(3)18-13-10-14-19(16(4)21(24)6-2)22(18)17-11-8-7-9-12-17/h5-16H,1-2H2,3-4H3. The number of hydrogen-bond acceptors (Lipinski definition) is 2. The van der Waals surface area contributed by atoms with Crippen LogP contribution in [0.3, 0.4) is 0 Å². The van der Waals surface area contributed by atoms with E-state index in [-0.39, 0.29) is 23.4 Å². The molecule has 0 aliphatic heterocycles. The zero-order valence-corrected chi connectivity index (χ0v) is 14.2. The van der Waals surface area contributed by atoms with Crippen LogP contribution in [0.5, 0.6) is 0 Å². The normalized spacial score (nSPS) is 12.9. The first kappa shape index (κ1) is 17.6. The molecule has 2 heteroatoms. The number of carbonyl (C=O) groups excluding carboxylic acids is 2. The Balaban J connectivity index is 2.73. The summed E-state index contributed by atoms with van der Waals surface area (Å²) in [5.74, 6) is -0.702. The highest BCUT2D eigenvalue weighted by Gasteiger charge is 2.23. The molecule has 0 aromatic heterocycles. The third kappa shape index (κ3) is 3.43. The fourth-order valence-electron chi connectivity index (χ4n) is 2.91. The molecule has 0 saturated carbocycles. The lowest BCUT2D eigenvalue weighted by Gasteiger charge is -2.21. The van der Waals surface area contributed by atoms with Crippen LogP contribution in [0, 0.1) is 0 Å². The molecule has 0 fully saturated rings. The van der Waals surface area contributed by atoms with Gasteiger partial charge in [0, 0.05) is 11.8 Å². The quantitative estimate of drug-likeness (QED) is 0.668. The molecule has 0 amide bonds. The second-order valence-electron chi connectivity index (χ2n) is 5.83. The van der Waals surface area contributed by atoms with Gasteiger partial charge in [0.2, 0.25) is 0 Å². The number of allylic oxidation sites excluding steroid dienone is 2. The summed E-state index contributed by atoms with van der Waals surface area (Å²) in [7, 11) is 0. The summed E-state index contributed by atoms with van der Waals surface area (Å²) in [5, 5.41) is 0. The first-order chi connectivity index (χ1) is 11.5. The van der Waals surface area contributed by atoms with E-state index in [1.54, 1.807) is 0 Å². The van der Waals surface area contributed by atoms with Gasteiger partial charge >= 0.3 is 0 Å². The average Bonchev–Trinajstić information content (AvgIpc) is 2.65. The maximum atomic E-state index is 12.2. The van der Waals surface area contributed by atoms with Gasteiger partial charge in [-0.25, -0.2) is 0 Å². The van der Waals surface area contributed by atoms with Gasteiger partial charge in [-0.3, -0.25) is 9.59 Å². The largest absolute Gasteiger partial charge is 0.294 e. The third-order valence-corrected chi connectivity index (χ3v) is 4.38. The zero-order valence-electron chi connectivity index (χ0n) is 14.2. The molecular formula is C22H22O2. The maximum absolute atomic E-state index is 12.2. The number of benzene rings is 2. The Morgan fingerprint density at radius 3 is 1.67 bits per heavy atom. The van der Waals surface area contributed by atoms with Crippen LogP contribution in [0.4, 0.5) is 0 Å². The van der Waals surface area contributed by atoms with Crippen LogP contribution < -0.4 is 0 Å². The molecule has 0 radical (unpaired) electrons. The van der Waals surface area contributed by atoms with E-state index in [0.29, 0.717) is 0 Å². The molecule has 0 heterocycles. The summed E-state index contributed by atoms with van der Waals surface area (Å²) < 4.78 is 0. The summed E-state index contributed by atoms with van der Waals surface area (Å²) in [6.45, 7) is 10.9. The summed E-state index contributed by atoms with van der Waals surface area (Å²) in [5.41, 5.74) is 3.76. The number of hydrogen-bond donors (Lipinski definition) is 0. The van der Waals surface area contributed by atoms with Crippen molar-refractivity contribution in [1.82, 2.24) is 0 Å². The Morgan fingerprint density at radius 2 is 1.25 bits per heavy atom. The zero-order chi connectivity index (χ0) is 17.7. The predicted octanol–water partition coefficient (Wildman–Crippen LogP) is 5.07. The predicted molar refractivity (Wildman–Crippen MR) is 99.1 cm³/mol. The van der Waals surface area contributed by atoms with Crippen molar-refractivity contribution in [2.24, 2.45) is 0 Å². The van der Waals surface area contributed by atoms with E-state index in [2.05, 4.69) is 13.2 Å². The first-order valence-corrected chi connectivity index (χ1v) is 8.02. The van der Waals surface area contributed by atoms with Crippen LogP contribution in [-0.4, -0.2) is 11.6 Å². The van der Waals surface area contributed by atoms with Crippen LogP contribution in [0.1, 0.15) is 36.8 Å². The molecule has 2 aromatic rings. The van der Waals surface area contributed by atoms with Gasteiger partial charge in [0.25, 0.3) is 0 Å². The smallest absolute Gasteiger partial charge is 0.162 e. The van der Waals surface area contributed by atoms with Gasteiger partial charge < -0.3 is 0 Å². The molecule has 2 unspecified atom stereocenters. The third-order valence-electron chi connectivity index (χ3n) is 4.38. The van der Waals surface area contributed by atoms with Gasteiger partial charge in [-0.05, 0) is 34.4 Å². The maximum Gasteiger partial charge on any atom is 0.162 e. The average molecular weight is 318 g/mol. The molecule has 24 heavy (non-hydrogen) atoms. The van der Waals surface area contributed by atoms with Crippen LogP contribution in [0.2, 0.25) is 0 Å². The molecular weight excluding hydrogens is 296 g/mol. The van der Waals surface area contributed by atoms with Crippen molar-refractivity contribution in [2.45, 2.75) is 25.7 Å². The Hall–Kier alpha value is -2.74. The van der Waals surface area contributed by atoms with Crippen LogP contribution in [-0.2, 0) is 9.59 Å². The minimum absolute atomic E-state index is 0.0352. The monoisotopic (exact) mass is 318 g/mol. The highest BCUT2D eigenvalue weighted by molar-refractivity contribution is 5.98. The lowest BCUT2D eigenvalue weighted by molar-refractivity contribution is -0.116. The van der Waals surface area contributed by atoms with Gasteiger partial charge in [-0.2, -0.15) is 0 Å². The van der Waals surface area contributed by atoms with Crippen molar-refractivity contribution in [1.29, 1.82) is 0 Å². The Morgan fingerprint density at radius 1 is 0.792 bits per heavy atom. The van der Waals surface area contributed by atoms with E-state index in [1.165, 1.54) is 12.2 Å². The minimum Gasteiger partial charge on any atom is -0.294 e. The molecule has 0 N–H and O–H groups in total. The number of ketones is 2. The number of rotatable bonds is 7. The van der Waals surface area contributed by atoms with Crippen LogP contribution in [0.15, 0.2) is 73.8 Å². The molecule has 0 saturated heterocycles. The molecule has 0 bridgehead atoms. The second-order valence-corrected chi connectivity index (χ2v) is 5.83. The molecule has 122 valence electrons. The van der Waals surface area contributed by atoms with E-state index in [1.807, 2.05) is 62.4 Å². The number of carbonyl (C=O) groups is 2. The SMILES string of the molecule is C=CC(=O)C(C)c1cccc(C(C)C(=O)C=C)c1-c1ccccc1. The van der Waals surface area contributed by atoms with Gasteiger partial charge in [0.05, 0.1) is 0 Å². The van der Waals surface area contributed by atoms with Gasteiger partial charge in [0.1, 0.15) is 0 Å². The van der Waals surface area contributed by atoms with Crippen LogP contribution in [0.25, 0.3) is 11.1 Å². The van der Waals surface area contributed by atoms with Crippen molar-refractivity contribution in [2.75, 3.05) is 0 Å². The van der Waals surface area contributed by atoms with E-state index in [9.17, 15) is 9.59 Å². The molecule has 2 atom stereocenters. The molecule has 0 spiro atoms. The Bertz CT molecular complexity index is 728. The molecule has 2 rings (SSSR count). The summed E-state index contributed by atoms with van der Waals surface area (Å²) in [6, 6.07) is 15.6. The topological polar surface area (TPSA) is 34.1 Å². The highest BCUT2D eigenvalue weighted by Crippen LogP contribution is 2.37. The van der Waals surface area contributed by atoms with Gasteiger partial charge in [-0.15, -0.1) is 0 Å². The fraction of sp³-hybridized carbons (Fsp3) is 0.182. The summed E-state index contributed by atoms with van der Waals surface area (Å²) >= 11 is 0. The van der Waals surface area contributed by atoms with Crippen molar-refractivity contribution >= 4 is 11.6 Å². The van der Waals surface area contributed by atoms with Crippen molar-refractivity contribution in [3.63, 3.8) is 0 Å². The van der Waals surface area contributed by atoms with Crippen LogP contribution >= 0.6 is 0 Å². The lowest BCUT2D eigenvalue weighted by Crippen LogP contribution is -2.12. The highest BCUT2D eigenvalue weighted by atomic mass is 16.1. The summed E-state index contributed by atoms with van der Waals surface area (Å²) in [6.07, 6.45) is 2.70. The van der Waals surface area contributed by atoms with Gasteiger partial charge in [-0.1, -0.05) is 75.5 Å². The van der Waals surface area contributed by atoms with Crippen molar-refractivity contribution in [3.8, 4) is 11.1 Å². The van der Waals surface area contributed by atoms with E-state index >= 15 is 0 Å². The molecule has 0 aliphatic carbocycles. The Labute approximate surface area is 143 Å². The van der Waals surface area contributed by atoms with Crippen molar-refractivity contribution < 1.29 is 9.59 Å². The lowest BCUT2D eigenvalue weighted by atomic mass is 9.82. The Kier molecular flexibility index (Phi) is 5.64. The van der Waals surface area contributed by atoms with Crippen molar-refractivity contribution in [3.05, 3.63) is 85.0 Å². The van der Waals surface area contributed by atoms with E-state index in [4.69, 9.17) is 0 Å².